The first-order valence-corrected chi connectivity index (χ1v) is 6.64. The van der Waals surface area contributed by atoms with E-state index in [-0.39, 0.29) is 17.2 Å². The number of oxazole rings is 1. The smallest absolute Gasteiger partial charge is 0.298 e. The molecule has 2 aromatic heterocycles. The van der Waals surface area contributed by atoms with E-state index in [0.29, 0.717) is 12.1 Å². The van der Waals surface area contributed by atoms with Crippen LogP contribution in [0.15, 0.2) is 28.8 Å². The number of rotatable bonds is 4. The Morgan fingerprint density at radius 1 is 1.50 bits per heavy atom. The van der Waals surface area contributed by atoms with Gasteiger partial charge in [0.15, 0.2) is 11.1 Å². The Hall–Kier alpha value is -2.48. The highest BCUT2D eigenvalue weighted by molar-refractivity contribution is 7.11. The fourth-order valence-electron chi connectivity index (χ4n) is 1.81. The molecule has 0 unspecified atom stereocenters. The molecule has 0 spiro atoms. The zero-order valence-corrected chi connectivity index (χ0v) is 11.3. The summed E-state index contributed by atoms with van der Waals surface area (Å²) in [6.45, 7) is 2.45. The van der Waals surface area contributed by atoms with Crippen LogP contribution in [0.4, 0.5) is 11.7 Å². The van der Waals surface area contributed by atoms with E-state index >= 15 is 0 Å². The molecule has 20 heavy (non-hydrogen) atoms. The highest BCUT2D eigenvalue weighted by Crippen LogP contribution is 2.27. The number of anilines is 1. The van der Waals surface area contributed by atoms with Gasteiger partial charge in [0, 0.05) is 17.1 Å². The number of aryl methyl sites for hydroxylation is 1. The second-order valence-corrected chi connectivity index (χ2v) is 5.42. The maximum atomic E-state index is 10.9. The quantitative estimate of drug-likeness (QED) is 0.586. The van der Waals surface area contributed by atoms with Gasteiger partial charge >= 0.3 is 0 Å². The van der Waals surface area contributed by atoms with Crippen LogP contribution in [0.5, 0.6) is 0 Å². The van der Waals surface area contributed by atoms with Crippen molar-refractivity contribution in [2.75, 3.05) is 5.32 Å². The molecule has 0 saturated heterocycles. The number of aromatic nitrogens is 2. The summed E-state index contributed by atoms with van der Waals surface area (Å²) in [5.41, 5.74) is 0.579. The highest BCUT2D eigenvalue weighted by Gasteiger charge is 2.17. The number of para-hydroxylation sites is 1. The van der Waals surface area contributed by atoms with Gasteiger partial charge in [0.2, 0.25) is 0 Å². The Balaban J connectivity index is 1.86. The van der Waals surface area contributed by atoms with Crippen molar-refractivity contribution in [1.82, 2.24) is 9.97 Å². The minimum atomic E-state index is -0.471. The Morgan fingerprint density at radius 2 is 2.35 bits per heavy atom. The number of benzene rings is 1. The van der Waals surface area contributed by atoms with Crippen molar-refractivity contribution in [3.8, 4) is 0 Å². The third kappa shape index (κ3) is 2.32. The van der Waals surface area contributed by atoms with Crippen LogP contribution in [0.25, 0.3) is 11.1 Å². The zero-order valence-electron chi connectivity index (χ0n) is 10.5. The van der Waals surface area contributed by atoms with Crippen molar-refractivity contribution in [2.24, 2.45) is 0 Å². The molecule has 0 aliphatic rings. The maximum absolute atomic E-state index is 10.9. The summed E-state index contributed by atoms with van der Waals surface area (Å²) in [6, 6.07) is 4.89. The summed E-state index contributed by atoms with van der Waals surface area (Å²) in [5, 5.41) is 14.9. The van der Waals surface area contributed by atoms with Gasteiger partial charge in [-0.2, -0.15) is 4.98 Å². The van der Waals surface area contributed by atoms with Gasteiger partial charge in [-0.1, -0.05) is 6.07 Å². The number of fused-ring (bicyclic) bond motifs is 1. The monoisotopic (exact) mass is 290 g/mol. The molecule has 0 radical (unpaired) electrons. The Kier molecular flexibility index (Phi) is 3.07. The summed E-state index contributed by atoms with van der Waals surface area (Å²) in [6.07, 6.45) is 1.78. The molecule has 0 aliphatic carbocycles. The van der Waals surface area contributed by atoms with Crippen LogP contribution < -0.4 is 5.32 Å². The van der Waals surface area contributed by atoms with Gasteiger partial charge in [-0.15, -0.1) is 11.3 Å². The van der Waals surface area contributed by atoms with Gasteiger partial charge in [-0.05, 0) is 13.0 Å². The zero-order chi connectivity index (χ0) is 14.1. The van der Waals surface area contributed by atoms with E-state index in [4.69, 9.17) is 4.42 Å². The minimum absolute atomic E-state index is 0.0621. The average molecular weight is 290 g/mol. The average Bonchev–Trinajstić information content (AvgIpc) is 3.01. The Labute approximate surface area is 117 Å². The molecule has 102 valence electrons. The van der Waals surface area contributed by atoms with Crippen LogP contribution in [-0.2, 0) is 6.54 Å². The minimum Gasteiger partial charge on any atom is -0.423 e. The normalized spacial score (nSPS) is 10.8. The standard InChI is InChI=1S/C12H10N4O3S/c1-7-13-5-8(20-7)6-14-12-15-11-9(16(17)18)3-2-4-10(11)19-12/h2-5H,6H2,1H3,(H,14,15). The van der Waals surface area contributed by atoms with Crippen molar-refractivity contribution in [3.63, 3.8) is 0 Å². The van der Waals surface area contributed by atoms with Crippen LogP contribution >= 0.6 is 11.3 Å². The molecule has 0 fully saturated rings. The topological polar surface area (TPSA) is 94.1 Å². The van der Waals surface area contributed by atoms with Crippen molar-refractivity contribution >= 4 is 34.1 Å². The van der Waals surface area contributed by atoms with Crippen molar-refractivity contribution < 1.29 is 9.34 Å². The van der Waals surface area contributed by atoms with Crippen molar-refractivity contribution in [1.29, 1.82) is 0 Å². The van der Waals surface area contributed by atoms with Crippen LogP contribution in [0.1, 0.15) is 9.88 Å². The van der Waals surface area contributed by atoms with Crippen molar-refractivity contribution in [2.45, 2.75) is 13.5 Å². The Bertz CT molecular complexity index is 780. The van der Waals surface area contributed by atoms with Crippen molar-refractivity contribution in [3.05, 3.63) is 44.4 Å². The first-order chi connectivity index (χ1) is 9.63. The summed E-state index contributed by atoms with van der Waals surface area (Å²) >= 11 is 1.57. The number of nitro benzene ring substituents is 1. The SMILES string of the molecule is Cc1ncc(CNc2nc3c([N+](=O)[O-])cccc3o2)s1. The highest BCUT2D eigenvalue weighted by atomic mass is 32.1. The van der Waals surface area contributed by atoms with Crippen LogP contribution in [0.3, 0.4) is 0 Å². The molecule has 0 atom stereocenters. The number of nitrogens with one attached hydrogen (secondary N) is 1. The number of non-ortho nitro benzene ring substituents is 1. The molecule has 0 saturated carbocycles. The third-order valence-electron chi connectivity index (χ3n) is 2.68. The second kappa shape index (κ2) is 4.89. The number of hydrogen-bond acceptors (Lipinski definition) is 7. The molecule has 1 N–H and O–H groups in total. The maximum Gasteiger partial charge on any atom is 0.298 e. The predicted molar refractivity (Wildman–Crippen MR) is 74.8 cm³/mol. The van der Waals surface area contributed by atoms with Gasteiger partial charge in [-0.25, -0.2) is 4.98 Å². The molecule has 2 heterocycles. The lowest BCUT2D eigenvalue weighted by molar-refractivity contribution is -0.383. The lowest BCUT2D eigenvalue weighted by Crippen LogP contribution is -1.97. The van der Waals surface area contributed by atoms with Crippen LogP contribution in [0, 0.1) is 17.0 Å². The summed E-state index contributed by atoms with van der Waals surface area (Å²) in [5.74, 6) is 0. The lowest BCUT2D eigenvalue weighted by Gasteiger charge is -1.96. The molecule has 8 heteroatoms. The van der Waals surface area contributed by atoms with E-state index in [9.17, 15) is 10.1 Å². The molecular weight excluding hydrogens is 280 g/mol. The van der Waals surface area contributed by atoms with E-state index in [1.54, 1.807) is 29.7 Å². The molecule has 3 aromatic rings. The van der Waals surface area contributed by atoms with Gasteiger partial charge in [0.25, 0.3) is 11.7 Å². The first kappa shape index (κ1) is 12.5. The van der Waals surface area contributed by atoms with Gasteiger partial charge in [0.05, 0.1) is 16.5 Å². The third-order valence-corrected chi connectivity index (χ3v) is 3.59. The molecule has 0 aliphatic heterocycles. The molecule has 3 rings (SSSR count). The summed E-state index contributed by atoms with van der Waals surface area (Å²) in [4.78, 5) is 19.7. The molecule has 0 amide bonds. The summed E-state index contributed by atoms with van der Waals surface area (Å²) in [7, 11) is 0. The van der Waals surface area contributed by atoms with E-state index < -0.39 is 4.92 Å². The largest absolute Gasteiger partial charge is 0.423 e. The van der Waals surface area contributed by atoms with E-state index in [2.05, 4.69) is 15.3 Å². The number of nitrogens with zero attached hydrogens (tertiary/aromatic N) is 3. The first-order valence-electron chi connectivity index (χ1n) is 5.82. The fraction of sp³-hybridized carbons (Fsp3) is 0.167. The lowest BCUT2D eigenvalue weighted by atomic mass is 10.3. The second-order valence-electron chi connectivity index (χ2n) is 4.10. The number of thiazole rings is 1. The van der Waals surface area contributed by atoms with Gasteiger partial charge in [-0.3, -0.25) is 10.1 Å². The molecule has 0 bridgehead atoms. The summed E-state index contributed by atoms with van der Waals surface area (Å²) < 4.78 is 5.44. The Morgan fingerprint density at radius 3 is 3.05 bits per heavy atom. The fourth-order valence-corrected chi connectivity index (χ4v) is 2.54. The van der Waals surface area contributed by atoms with E-state index in [1.807, 2.05) is 6.92 Å². The van der Waals surface area contributed by atoms with Gasteiger partial charge < -0.3 is 9.73 Å². The number of nitro groups is 1. The molecular formula is C12H10N4O3S. The van der Waals surface area contributed by atoms with Gasteiger partial charge in [0.1, 0.15) is 0 Å². The van der Waals surface area contributed by atoms with Crippen LogP contribution in [0.2, 0.25) is 0 Å². The molecule has 1 aromatic carbocycles. The van der Waals surface area contributed by atoms with Crippen LogP contribution in [-0.4, -0.2) is 14.9 Å². The van der Waals surface area contributed by atoms with E-state index in [1.165, 1.54) is 6.07 Å². The number of hydrogen-bond donors (Lipinski definition) is 1. The van der Waals surface area contributed by atoms with E-state index in [0.717, 1.165) is 9.88 Å². The predicted octanol–water partition coefficient (Wildman–Crippen LogP) is 3.11. The molecule has 7 nitrogen and oxygen atoms in total.